The van der Waals surface area contributed by atoms with Crippen molar-refractivity contribution in [2.75, 3.05) is 5.33 Å². The number of halogens is 1. The van der Waals surface area contributed by atoms with Crippen LogP contribution >= 0.6 is 15.9 Å². The summed E-state index contributed by atoms with van der Waals surface area (Å²) in [5.41, 5.74) is -0.407. The number of carbonyl (C=O) groups is 3. The lowest BCUT2D eigenvalue weighted by atomic mass is 9.99. The lowest BCUT2D eigenvalue weighted by Crippen LogP contribution is -2.11. The zero-order valence-electron chi connectivity index (χ0n) is 8.64. The van der Waals surface area contributed by atoms with E-state index in [9.17, 15) is 14.4 Å². The van der Waals surface area contributed by atoms with Crippen LogP contribution in [0.25, 0.3) is 0 Å². The number of Topliss-reactive ketones (excluding diaryl/α,β-unsaturated/α-hetero) is 1. The van der Waals surface area contributed by atoms with Crippen molar-refractivity contribution < 1.29 is 24.6 Å². The molecule has 90 valence electrons. The van der Waals surface area contributed by atoms with Crippen LogP contribution in [-0.4, -0.2) is 33.3 Å². The molecule has 17 heavy (non-hydrogen) atoms. The highest BCUT2D eigenvalue weighted by molar-refractivity contribution is 9.09. The Kier molecular flexibility index (Phi) is 4.39. The van der Waals surface area contributed by atoms with Crippen molar-refractivity contribution in [3.05, 3.63) is 34.9 Å². The molecule has 1 aromatic carbocycles. The van der Waals surface area contributed by atoms with E-state index in [1.54, 1.807) is 0 Å². The van der Waals surface area contributed by atoms with Gasteiger partial charge in [-0.2, -0.15) is 0 Å². The van der Waals surface area contributed by atoms with E-state index in [1.807, 2.05) is 0 Å². The lowest BCUT2D eigenvalue weighted by molar-refractivity contribution is 0.0692. The zero-order chi connectivity index (χ0) is 13.0. The molecule has 0 fully saturated rings. The van der Waals surface area contributed by atoms with Gasteiger partial charge in [0.15, 0.2) is 5.78 Å². The number of alkyl halides is 1. The first-order chi connectivity index (χ1) is 7.97. The highest BCUT2D eigenvalue weighted by atomic mass is 79.9. The van der Waals surface area contributed by atoms with Crippen molar-refractivity contribution in [1.29, 1.82) is 0 Å². The standard InChI is InChI=1S/C11H9BrO5/c12-4-3-9(13)7-2-1-6(10(14)15)5-8(7)11(16)17/h1-2,5H,3-4H2,(H,14,15)(H,16,17). The summed E-state index contributed by atoms with van der Waals surface area (Å²) >= 11 is 3.08. The summed E-state index contributed by atoms with van der Waals surface area (Å²) in [7, 11) is 0. The number of benzene rings is 1. The molecule has 0 spiro atoms. The minimum Gasteiger partial charge on any atom is -0.478 e. The Morgan fingerprint density at radius 1 is 1.06 bits per heavy atom. The van der Waals surface area contributed by atoms with Crippen molar-refractivity contribution in [2.45, 2.75) is 6.42 Å². The van der Waals surface area contributed by atoms with E-state index in [4.69, 9.17) is 10.2 Å². The molecule has 0 aliphatic heterocycles. The molecule has 1 rings (SSSR count). The number of hydrogen-bond acceptors (Lipinski definition) is 3. The molecule has 0 atom stereocenters. The monoisotopic (exact) mass is 300 g/mol. The van der Waals surface area contributed by atoms with Gasteiger partial charge in [-0.25, -0.2) is 9.59 Å². The normalized spacial score (nSPS) is 9.94. The SMILES string of the molecule is O=C(O)c1ccc(C(=O)CCBr)c(C(=O)O)c1. The third-order valence-electron chi connectivity index (χ3n) is 2.12. The van der Waals surface area contributed by atoms with E-state index in [1.165, 1.54) is 12.1 Å². The van der Waals surface area contributed by atoms with Crippen LogP contribution in [0.5, 0.6) is 0 Å². The molecule has 0 saturated carbocycles. The van der Waals surface area contributed by atoms with Gasteiger partial charge >= 0.3 is 11.9 Å². The lowest BCUT2D eigenvalue weighted by Gasteiger charge is -2.05. The Hall–Kier alpha value is -1.69. The molecular formula is C11H9BrO5. The first kappa shape index (κ1) is 13.4. The van der Waals surface area contributed by atoms with Crippen LogP contribution in [-0.2, 0) is 0 Å². The van der Waals surface area contributed by atoms with Gasteiger partial charge in [0.25, 0.3) is 0 Å². The highest BCUT2D eigenvalue weighted by Crippen LogP contribution is 2.15. The fourth-order valence-electron chi connectivity index (χ4n) is 1.32. The molecule has 0 unspecified atom stereocenters. The molecule has 0 heterocycles. The topological polar surface area (TPSA) is 91.7 Å². The fourth-order valence-corrected chi connectivity index (χ4v) is 1.68. The van der Waals surface area contributed by atoms with Crippen LogP contribution < -0.4 is 0 Å². The molecule has 2 N–H and O–H groups in total. The van der Waals surface area contributed by atoms with E-state index in [2.05, 4.69) is 15.9 Å². The Labute approximate surface area is 105 Å². The fraction of sp³-hybridized carbons (Fsp3) is 0.182. The van der Waals surface area contributed by atoms with E-state index in [0.29, 0.717) is 5.33 Å². The molecule has 0 saturated heterocycles. The minimum atomic E-state index is -1.31. The summed E-state index contributed by atoms with van der Waals surface area (Å²) in [6.07, 6.45) is 0.159. The maximum atomic E-state index is 11.6. The number of carbonyl (C=O) groups excluding carboxylic acids is 1. The Morgan fingerprint density at radius 2 is 1.71 bits per heavy atom. The van der Waals surface area contributed by atoms with E-state index >= 15 is 0 Å². The molecule has 0 aromatic heterocycles. The Bertz CT molecular complexity index is 481. The second-order valence-corrected chi connectivity index (χ2v) is 4.03. The van der Waals surface area contributed by atoms with Gasteiger partial charge in [0.2, 0.25) is 0 Å². The van der Waals surface area contributed by atoms with Gasteiger partial charge in [-0.05, 0) is 18.2 Å². The van der Waals surface area contributed by atoms with Crippen molar-refractivity contribution in [1.82, 2.24) is 0 Å². The van der Waals surface area contributed by atoms with Gasteiger partial charge in [0, 0.05) is 17.3 Å². The van der Waals surface area contributed by atoms with Crippen molar-refractivity contribution in [3.63, 3.8) is 0 Å². The molecule has 0 aliphatic carbocycles. The maximum absolute atomic E-state index is 11.6. The number of aromatic carboxylic acids is 2. The van der Waals surface area contributed by atoms with E-state index < -0.39 is 11.9 Å². The van der Waals surface area contributed by atoms with Gasteiger partial charge in [0.1, 0.15) is 0 Å². The molecule has 5 nitrogen and oxygen atoms in total. The second-order valence-electron chi connectivity index (χ2n) is 3.23. The maximum Gasteiger partial charge on any atom is 0.336 e. The summed E-state index contributed by atoms with van der Waals surface area (Å²) in [4.78, 5) is 33.3. The second kappa shape index (κ2) is 5.58. The molecule has 6 heteroatoms. The molecular weight excluding hydrogens is 292 g/mol. The van der Waals surface area contributed by atoms with Gasteiger partial charge in [-0.1, -0.05) is 15.9 Å². The van der Waals surface area contributed by atoms with Gasteiger partial charge in [-0.3, -0.25) is 4.79 Å². The predicted molar refractivity (Wildman–Crippen MR) is 63.1 cm³/mol. The molecule has 0 amide bonds. The van der Waals surface area contributed by atoms with E-state index in [-0.39, 0.29) is 28.9 Å². The van der Waals surface area contributed by atoms with Crippen molar-refractivity contribution in [2.24, 2.45) is 0 Å². The van der Waals surface area contributed by atoms with Gasteiger partial charge in [0.05, 0.1) is 11.1 Å². The van der Waals surface area contributed by atoms with Crippen LogP contribution in [0.15, 0.2) is 18.2 Å². The van der Waals surface area contributed by atoms with Crippen LogP contribution in [0, 0.1) is 0 Å². The third-order valence-corrected chi connectivity index (χ3v) is 2.52. The molecule has 1 aromatic rings. The molecule has 0 bridgehead atoms. The third kappa shape index (κ3) is 3.13. The van der Waals surface area contributed by atoms with E-state index in [0.717, 1.165) is 6.07 Å². The smallest absolute Gasteiger partial charge is 0.336 e. The van der Waals surface area contributed by atoms with Crippen molar-refractivity contribution >= 4 is 33.7 Å². The predicted octanol–water partition coefficient (Wildman–Crippen LogP) is 2.05. The van der Waals surface area contributed by atoms with Gasteiger partial charge in [-0.15, -0.1) is 0 Å². The van der Waals surface area contributed by atoms with Crippen LogP contribution in [0.2, 0.25) is 0 Å². The zero-order valence-corrected chi connectivity index (χ0v) is 10.2. The Balaban J connectivity index is 3.27. The molecule has 0 radical (unpaired) electrons. The minimum absolute atomic E-state index is 0.0296. The summed E-state index contributed by atoms with van der Waals surface area (Å²) in [5.74, 6) is -2.88. The van der Waals surface area contributed by atoms with Gasteiger partial charge < -0.3 is 10.2 Å². The first-order valence-corrected chi connectivity index (χ1v) is 5.79. The largest absolute Gasteiger partial charge is 0.478 e. The average molecular weight is 301 g/mol. The van der Waals surface area contributed by atoms with Crippen LogP contribution in [0.4, 0.5) is 0 Å². The number of carboxylic acids is 2. The number of ketones is 1. The summed E-state index contributed by atoms with van der Waals surface area (Å²) in [6, 6.07) is 3.44. The molecule has 0 aliphatic rings. The van der Waals surface area contributed by atoms with Crippen LogP contribution in [0.3, 0.4) is 0 Å². The number of carboxylic acid groups (broad SMARTS) is 2. The Morgan fingerprint density at radius 3 is 2.18 bits per heavy atom. The first-order valence-electron chi connectivity index (χ1n) is 4.67. The average Bonchev–Trinajstić information content (AvgIpc) is 2.28. The summed E-state index contributed by atoms with van der Waals surface area (Å²) in [6.45, 7) is 0. The number of rotatable bonds is 5. The quantitative estimate of drug-likeness (QED) is 0.641. The van der Waals surface area contributed by atoms with Crippen LogP contribution in [0.1, 0.15) is 37.5 Å². The van der Waals surface area contributed by atoms with Crippen molar-refractivity contribution in [3.8, 4) is 0 Å². The summed E-state index contributed by atoms with van der Waals surface area (Å²) in [5, 5.41) is 18.1. The summed E-state index contributed by atoms with van der Waals surface area (Å²) < 4.78 is 0. The highest BCUT2D eigenvalue weighted by Gasteiger charge is 2.18. The number of hydrogen-bond donors (Lipinski definition) is 2.